The number of aromatic nitrogens is 1. The van der Waals surface area contributed by atoms with Gasteiger partial charge in [0, 0.05) is 30.5 Å². The van der Waals surface area contributed by atoms with Crippen LogP contribution in [-0.2, 0) is 0 Å². The van der Waals surface area contributed by atoms with Crippen molar-refractivity contribution in [1.29, 1.82) is 0 Å². The van der Waals surface area contributed by atoms with E-state index in [-0.39, 0.29) is 5.91 Å². The Bertz CT molecular complexity index is 547. The summed E-state index contributed by atoms with van der Waals surface area (Å²) in [5.74, 6) is 5.55. The van der Waals surface area contributed by atoms with Crippen LogP contribution < -0.4 is 11.1 Å². The zero-order valence-electron chi connectivity index (χ0n) is 12.4. The van der Waals surface area contributed by atoms with Crippen molar-refractivity contribution in [3.05, 3.63) is 29.6 Å². The van der Waals surface area contributed by atoms with Gasteiger partial charge < -0.3 is 16.0 Å². The molecule has 1 aromatic heterocycles. The lowest BCUT2D eigenvalue weighted by molar-refractivity contribution is 0.0928. The zero-order valence-corrected chi connectivity index (χ0v) is 12.4. The number of hydrogen-bond donors (Lipinski definition) is 2. The summed E-state index contributed by atoms with van der Waals surface area (Å²) in [6.07, 6.45) is 6.81. The van der Waals surface area contributed by atoms with E-state index < -0.39 is 0 Å². The second kappa shape index (κ2) is 7.77. The molecule has 5 heteroatoms. The van der Waals surface area contributed by atoms with E-state index in [2.05, 4.69) is 34.1 Å². The van der Waals surface area contributed by atoms with Crippen LogP contribution in [0.5, 0.6) is 0 Å². The molecule has 1 aliphatic heterocycles. The maximum Gasteiger partial charge on any atom is 0.252 e. The molecule has 1 fully saturated rings. The summed E-state index contributed by atoms with van der Waals surface area (Å²) in [6.45, 7) is 2.07. The number of carbonyl (C=O) groups excluding carboxylic acids is 1. The zero-order chi connectivity index (χ0) is 15.1. The van der Waals surface area contributed by atoms with Gasteiger partial charge in [-0.15, -0.1) is 0 Å². The normalized spacial score (nSPS) is 18.7. The van der Waals surface area contributed by atoms with Crippen LogP contribution in [0.4, 0.5) is 0 Å². The van der Waals surface area contributed by atoms with Gasteiger partial charge in [0.1, 0.15) is 0 Å². The van der Waals surface area contributed by atoms with Gasteiger partial charge in [0.25, 0.3) is 5.91 Å². The molecule has 3 N–H and O–H groups in total. The molecule has 1 aromatic rings. The molecule has 1 saturated heterocycles. The van der Waals surface area contributed by atoms with Crippen molar-refractivity contribution in [3.63, 3.8) is 0 Å². The number of likely N-dealkylation sites (N-methyl/N-ethyl adjacent to an activating group) is 1. The van der Waals surface area contributed by atoms with E-state index >= 15 is 0 Å². The highest BCUT2D eigenvalue weighted by Gasteiger charge is 2.19. The molecule has 112 valence electrons. The summed E-state index contributed by atoms with van der Waals surface area (Å²) < 4.78 is 0. The van der Waals surface area contributed by atoms with Crippen molar-refractivity contribution >= 4 is 5.91 Å². The number of nitrogens with one attached hydrogen (secondary N) is 1. The Labute approximate surface area is 125 Å². The van der Waals surface area contributed by atoms with Crippen molar-refractivity contribution in [2.75, 3.05) is 26.7 Å². The topological polar surface area (TPSA) is 71.2 Å². The van der Waals surface area contributed by atoms with Crippen molar-refractivity contribution in [2.45, 2.75) is 25.3 Å². The summed E-state index contributed by atoms with van der Waals surface area (Å²) in [5, 5.41) is 2.99. The smallest absolute Gasteiger partial charge is 0.252 e. The summed E-state index contributed by atoms with van der Waals surface area (Å²) in [6, 6.07) is 2.17. The third-order valence-electron chi connectivity index (χ3n) is 3.75. The van der Waals surface area contributed by atoms with Crippen LogP contribution in [0, 0.1) is 11.8 Å². The second-order valence-corrected chi connectivity index (χ2v) is 5.31. The number of nitrogens with zero attached hydrogens (tertiary/aromatic N) is 2. The van der Waals surface area contributed by atoms with E-state index in [1.807, 2.05) is 0 Å². The quantitative estimate of drug-likeness (QED) is 0.799. The average Bonchev–Trinajstić information content (AvgIpc) is 2.52. The maximum absolute atomic E-state index is 12.2. The highest BCUT2D eigenvalue weighted by atomic mass is 16.1. The van der Waals surface area contributed by atoms with E-state index in [1.54, 1.807) is 18.5 Å². The lowest BCUT2D eigenvalue weighted by atomic mass is 10.0. The first kappa shape index (κ1) is 15.5. The number of carbonyl (C=O) groups is 1. The van der Waals surface area contributed by atoms with Crippen LogP contribution in [0.1, 0.15) is 35.2 Å². The lowest BCUT2D eigenvalue weighted by Crippen LogP contribution is -2.44. The molecule has 2 heterocycles. The van der Waals surface area contributed by atoms with Crippen LogP contribution in [0.2, 0.25) is 0 Å². The summed E-state index contributed by atoms with van der Waals surface area (Å²) in [7, 11) is 2.11. The van der Waals surface area contributed by atoms with Gasteiger partial charge in [-0.2, -0.15) is 0 Å². The molecule has 0 saturated carbocycles. The average molecular weight is 286 g/mol. The lowest BCUT2D eigenvalue weighted by Gasteiger charge is -2.32. The molecule has 2 rings (SSSR count). The molecule has 0 aliphatic carbocycles. The number of piperidine rings is 1. The van der Waals surface area contributed by atoms with Crippen molar-refractivity contribution < 1.29 is 4.79 Å². The molecule has 1 aliphatic rings. The highest BCUT2D eigenvalue weighted by Crippen LogP contribution is 2.14. The van der Waals surface area contributed by atoms with Gasteiger partial charge in [0.2, 0.25) is 0 Å². The van der Waals surface area contributed by atoms with E-state index in [1.165, 1.54) is 12.8 Å². The van der Waals surface area contributed by atoms with Gasteiger partial charge in [-0.05, 0) is 32.5 Å². The summed E-state index contributed by atoms with van der Waals surface area (Å²) >= 11 is 0. The minimum Gasteiger partial charge on any atom is -0.350 e. The number of amides is 1. The molecule has 0 aromatic carbocycles. The number of nitrogens with two attached hydrogens (primary N) is 1. The van der Waals surface area contributed by atoms with Crippen LogP contribution in [-0.4, -0.2) is 48.5 Å². The summed E-state index contributed by atoms with van der Waals surface area (Å²) in [5.41, 5.74) is 6.59. The van der Waals surface area contributed by atoms with Gasteiger partial charge in [-0.3, -0.25) is 9.78 Å². The predicted molar refractivity (Wildman–Crippen MR) is 82.8 cm³/mol. The molecular formula is C16H22N4O. The molecular weight excluding hydrogens is 264 g/mol. The number of pyridine rings is 1. The van der Waals surface area contributed by atoms with E-state index in [0.717, 1.165) is 13.0 Å². The first-order chi connectivity index (χ1) is 10.2. The first-order valence-corrected chi connectivity index (χ1v) is 7.33. The summed E-state index contributed by atoms with van der Waals surface area (Å²) in [4.78, 5) is 18.5. The van der Waals surface area contributed by atoms with Gasteiger partial charge in [0.05, 0.1) is 12.1 Å². The Morgan fingerprint density at radius 3 is 3.14 bits per heavy atom. The van der Waals surface area contributed by atoms with Crippen molar-refractivity contribution in [1.82, 2.24) is 15.2 Å². The van der Waals surface area contributed by atoms with E-state index in [9.17, 15) is 4.79 Å². The Balaban J connectivity index is 1.93. The molecule has 5 nitrogen and oxygen atoms in total. The Morgan fingerprint density at radius 1 is 1.52 bits per heavy atom. The highest BCUT2D eigenvalue weighted by molar-refractivity contribution is 5.94. The fraction of sp³-hybridized carbons (Fsp3) is 0.500. The molecule has 1 atom stereocenters. The van der Waals surface area contributed by atoms with Gasteiger partial charge in [-0.1, -0.05) is 18.3 Å². The fourth-order valence-corrected chi connectivity index (χ4v) is 2.50. The molecule has 21 heavy (non-hydrogen) atoms. The Morgan fingerprint density at radius 2 is 2.38 bits per heavy atom. The maximum atomic E-state index is 12.2. The number of hydrogen-bond acceptors (Lipinski definition) is 4. The van der Waals surface area contributed by atoms with E-state index in [0.29, 0.717) is 30.3 Å². The van der Waals surface area contributed by atoms with Crippen molar-refractivity contribution in [3.8, 4) is 11.8 Å². The second-order valence-electron chi connectivity index (χ2n) is 5.31. The predicted octanol–water partition coefficient (Wildman–Crippen LogP) is 0.606. The van der Waals surface area contributed by atoms with Gasteiger partial charge in [-0.25, -0.2) is 0 Å². The molecule has 0 bridgehead atoms. The molecule has 1 amide bonds. The van der Waals surface area contributed by atoms with E-state index in [4.69, 9.17) is 5.73 Å². The first-order valence-electron chi connectivity index (χ1n) is 7.33. The largest absolute Gasteiger partial charge is 0.350 e. The third kappa shape index (κ3) is 4.55. The van der Waals surface area contributed by atoms with Gasteiger partial charge >= 0.3 is 0 Å². The van der Waals surface area contributed by atoms with Gasteiger partial charge in [0.15, 0.2) is 0 Å². The standard InChI is InChI=1S/C16H22N4O/c1-20-8-3-2-6-15(20)12-19-16(21)14-9-13(5-4-7-17)10-18-11-14/h9-11,15H,2-3,6-8,12,17H2,1H3,(H,19,21). The minimum atomic E-state index is -0.0992. The SMILES string of the molecule is CN1CCCCC1CNC(=O)c1cncc(C#CCN)c1. The Kier molecular flexibility index (Phi) is 5.73. The molecule has 0 radical (unpaired) electrons. The molecule has 1 unspecified atom stereocenters. The van der Waals surface area contributed by atoms with Crippen molar-refractivity contribution in [2.24, 2.45) is 5.73 Å². The van der Waals surface area contributed by atoms with Crippen LogP contribution >= 0.6 is 0 Å². The van der Waals surface area contributed by atoms with Crippen LogP contribution in [0.3, 0.4) is 0 Å². The fourth-order valence-electron chi connectivity index (χ4n) is 2.50. The third-order valence-corrected chi connectivity index (χ3v) is 3.75. The number of likely N-dealkylation sites (tertiary alicyclic amines) is 1. The monoisotopic (exact) mass is 286 g/mol. The minimum absolute atomic E-state index is 0.0992. The number of rotatable bonds is 3. The van der Waals surface area contributed by atoms with Crippen LogP contribution in [0.15, 0.2) is 18.5 Å². The molecule has 0 spiro atoms. The Hall–Kier alpha value is -1.90. The van der Waals surface area contributed by atoms with Crippen LogP contribution in [0.25, 0.3) is 0 Å².